The average molecular weight is 667 g/mol. The highest BCUT2D eigenvalue weighted by atomic mass is 35.5. The maximum Gasteiger partial charge on any atom is 0.220 e. The molecule has 0 bridgehead atoms. The number of carbonyl (C=O) groups excluding carboxylic acids is 1. The fourth-order valence-corrected chi connectivity index (χ4v) is 6.37. The Morgan fingerprint density at radius 2 is 1.91 bits per heavy atom. The van der Waals surface area contributed by atoms with E-state index in [0.717, 1.165) is 12.0 Å². The number of methoxy groups -OCH3 is 1. The summed E-state index contributed by atoms with van der Waals surface area (Å²) in [6.45, 7) is 2.77. The maximum atomic E-state index is 15.5. The minimum atomic E-state index is -0.479. The van der Waals surface area contributed by atoms with Gasteiger partial charge in [-0.15, -0.1) is 0 Å². The Morgan fingerprint density at radius 1 is 1.07 bits per heavy atom. The zero-order chi connectivity index (χ0) is 32.2. The molecule has 6 rings (SSSR count). The van der Waals surface area contributed by atoms with Gasteiger partial charge < -0.3 is 25.8 Å². The Balaban J connectivity index is 1.21. The molecule has 3 aromatic heterocycles. The van der Waals surface area contributed by atoms with Crippen molar-refractivity contribution in [3.8, 4) is 28.4 Å². The van der Waals surface area contributed by atoms with Crippen LogP contribution in [0.15, 0.2) is 54.9 Å². The predicted octanol–water partition coefficient (Wildman–Crippen LogP) is 5.34. The number of β-amino-alcohol motifs (C(OH)–C–C–N with tert-alkyl or cyclic N) is 1. The zero-order valence-corrected chi connectivity index (χ0v) is 26.7. The number of aliphatic hydroxyl groups excluding tert-OH is 1. The molecule has 240 valence electrons. The van der Waals surface area contributed by atoms with Crippen LogP contribution in [0.3, 0.4) is 0 Å². The smallest absolute Gasteiger partial charge is 0.220 e. The molecular weight excluding hydrogens is 632 g/mol. The second-order valence-electron chi connectivity index (χ2n) is 11.4. The molecule has 10 nitrogen and oxygen atoms in total. The highest BCUT2D eigenvalue weighted by Crippen LogP contribution is 2.41. The van der Waals surface area contributed by atoms with E-state index in [0.29, 0.717) is 95.3 Å². The van der Waals surface area contributed by atoms with Crippen molar-refractivity contribution in [3.05, 3.63) is 81.8 Å². The number of nitrogens with zero attached hydrogens (tertiary/aromatic N) is 4. The van der Waals surface area contributed by atoms with E-state index < -0.39 is 5.82 Å². The number of pyridine rings is 3. The van der Waals surface area contributed by atoms with Crippen LogP contribution >= 0.6 is 23.2 Å². The molecule has 2 aliphatic rings. The Labute approximate surface area is 276 Å². The summed E-state index contributed by atoms with van der Waals surface area (Å²) in [5.41, 5.74) is 4.00. The molecule has 13 heteroatoms. The van der Waals surface area contributed by atoms with Gasteiger partial charge in [0.05, 0.1) is 40.3 Å². The second kappa shape index (κ2) is 14.3. The summed E-state index contributed by atoms with van der Waals surface area (Å²) in [5, 5.41) is 19.8. The van der Waals surface area contributed by atoms with Gasteiger partial charge in [0.2, 0.25) is 11.8 Å². The maximum absolute atomic E-state index is 15.5. The summed E-state index contributed by atoms with van der Waals surface area (Å²) in [4.78, 5) is 26.9. The third kappa shape index (κ3) is 7.08. The first-order valence-electron chi connectivity index (χ1n) is 15.1. The number of carbonyl (C=O) groups is 1. The van der Waals surface area contributed by atoms with E-state index in [1.165, 1.54) is 0 Å². The number of ether oxygens (including phenoxy) is 1. The lowest BCUT2D eigenvalue weighted by Gasteiger charge is -2.17. The number of aromatic nitrogens is 3. The highest BCUT2D eigenvalue weighted by molar-refractivity contribution is 6.39. The fourth-order valence-electron chi connectivity index (χ4n) is 5.80. The van der Waals surface area contributed by atoms with Crippen molar-refractivity contribution in [2.45, 2.75) is 44.5 Å². The molecule has 5 heterocycles. The largest absolute Gasteiger partial charge is 0.481 e. The second-order valence-corrected chi connectivity index (χ2v) is 12.2. The van der Waals surface area contributed by atoms with Crippen molar-refractivity contribution in [2.75, 3.05) is 32.1 Å². The number of hydrogen-bond acceptors (Lipinski definition) is 9. The number of likely N-dealkylation sites (tertiary alicyclic amines) is 1. The van der Waals surface area contributed by atoms with Crippen LogP contribution in [0.1, 0.15) is 30.4 Å². The quantitative estimate of drug-likeness (QED) is 0.168. The molecule has 2 fully saturated rings. The van der Waals surface area contributed by atoms with Gasteiger partial charge in [0.1, 0.15) is 0 Å². The van der Waals surface area contributed by atoms with Gasteiger partial charge in [-0.2, -0.15) is 0 Å². The first-order valence-corrected chi connectivity index (χ1v) is 15.8. The molecule has 0 spiro atoms. The Bertz CT molecular complexity index is 1740. The van der Waals surface area contributed by atoms with Crippen molar-refractivity contribution in [3.63, 3.8) is 0 Å². The highest BCUT2D eigenvalue weighted by Gasteiger charge is 2.23. The van der Waals surface area contributed by atoms with Crippen LogP contribution in [0.25, 0.3) is 22.5 Å². The molecule has 4 N–H and O–H groups in total. The fraction of sp³-hybridized carbons (Fsp3) is 0.333. The SMILES string of the molecule is COc1nc(-c2ccnc(-c3cccc(Nc4nccc(CN5CC[C@H](O)C5)c4F)c3Cl)c2Cl)ccc1CNCC1CCC(=O)N1. The van der Waals surface area contributed by atoms with Crippen LogP contribution in [0.5, 0.6) is 5.88 Å². The molecular formula is C33H34Cl2FN7O3. The summed E-state index contributed by atoms with van der Waals surface area (Å²) in [6, 6.07) is 12.6. The van der Waals surface area contributed by atoms with Crippen LogP contribution < -0.4 is 20.7 Å². The van der Waals surface area contributed by atoms with E-state index in [9.17, 15) is 9.90 Å². The van der Waals surface area contributed by atoms with Gasteiger partial charge in [0.15, 0.2) is 11.6 Å². The molecule has 2 aliphatic heterocycles. The van der Waals surface area contributed by atoms with Gasteiger partial charge >= 0.3 is 0 Å². The molecule has 0 saturated carbocycles. The van der Waals surface area contributed by atoms with E-state index in [1.54, 1.807) is 49.8 Å². The molecule has 1 unspecified atom stereocenters. The molecule has 0 aliphatic carbocycles. The van der Waals surface area contributed by atoms with Crippen molar-refractivity contribution in [2.24, 2.45) is 0 Å². The van der Waals surface area contributed by atoms with Crippen molar-refractivity contribution in [1.82, 2.24) is 30.5 Å². The number of halogens is 3. The minimum Gasteiger partial charge on any atom is -0.481 e. The van der Waals surface area contributed by atoms with Gasteiger partial charge in [-0.1, -0.05) is 41.4 Å². The number of aliphatic hydroxyl groups is 1. The number of benzene rings is 1. The summed E-state index contributed by atoms with van der Waals surface area (Å²) < 4.78 is 21.1. The molecule has 1 aromatic carbocycles. The topological polar surface area (TPSA) is 125 Å². The van der Waals surface area contributed by atoms with Crippen LogP contribution in [-0.2, 0) is 17.9 Å². The number of rotatable bonds is 11. The van der Waals surface area contributed by atoms with E-state index in [2.05, 4.69) is 25.9 Å². The molecule has 1 amide bonds. The van der Waals surface area contributed by atoms with Crippen LogP contribution in [0.4, 0.5) is 15.9 Å². The van der Waals surface area contributed by atoms with Crippen LogP contribution in [0.2, 0.25) is 10.0 Å². The average Bonchev–Trinajstić information content (AvgIpc) is 3.67. The van der Waals surface area contributed by atoms with Gasteiger partial charge in [0.25, 0.3) is 0 Å². The summed E-state index contributed by atoms with van der Waals surface area (Å²) in [5.74, 6) is 0.104. The Kier molecular flexibility index (Phi) is 9.95. The molecule has 4 aromatic rings. The van der Waals surface area contributed by atoms with E-state index in [-0.39, 0.29) is 23.9 Å². The lowest BCUT2D eigenvalue weighted by Crippen LogP contribution is -2.35. The van der Waals surface area contributed by atoms with E-state index in [1.807, 2.05) is 17.0 Å². The number of amides is 1. The van der Waals surface area contributed by atoms with Gasteiger partial charge in [-0.25, -0.2) is 14.4 Å². The molecule has 2 saturated heterocycles. The number of hydrogen-bond donors (Lipinski definition) is 4. The number of nitrogens with one attached hydrogen (secondary N) is 3. The lowest BCUT2D eigenvalue weighted by molar-refractivity contribution is -0.119. The number of anilines is 2. The third-order valence-electron chi connectivity index (χ3n) is 8.21. The molecule has 0 radical (unpaired) electrons. The Morgan fingerprint density at radius 3 is 2.67 bits per heavy atom. The zero-order valence-electron chi connectivity index (χ0n) is 25.2. The summed E-state index contributed by atoms with van der Waals surface area (Å²) >= 11 is 13.8. The molecule has 46 heavy (non-hydrogen) atoms. The minimum absolute atomic E-state index is 0.0444. The molecule has 2 atom stereocenters. The first-order chi connectivity index (χ1) is 22.3. The van der Waals surface area contributed by atoms with E-state index >= 15 is 4.39 Å². The summed E-state index contributed by atoms with van der Waals surface area (Å²) in [7, 11) is 1.56. The summed E-state index contributed by atoms with van der Waals surface area (Å²) in [6.07, 6.45) is 4.84. The van der Waals surface area contributed by atoms with Crippen LogP contribution in [-0.4, -0.2) is 69.8 Å². The predicted molar refractivity (Wildman–Crippen MR) is 176 cm³/mol. The first kappa shape index (κ1) is 32.1. The van der Waals surface area contributed by atoms with Crippen molar-refractivity contribution < 1.29 is 19.0 Å². The van der Waals surface area contributed by atoms with Gasteiger partial charge in [-0.05, 0) is 37.1 Å². The lowest BCUT2D eigenvalue weighted by atomic mass is 10.1. The van der Waals surface area contributed by atoms with Gasteiger partial charge in [0, 0.05) is 79.8 Å². The van der Waals surface area contributed by atoms with Crippen molar-refractivity contribution >= 4 is 40.6 Å². The normalized spacial score (nSPS) is 18.2. The standard InChI is InChI=1S/C33H34Cl2FN7O3/c1-46-33-19(15-37-16-21-6-8-27(45)40-21)5-7-25(42-33)23-10-13-38-31(29(23)35)24-3-2-4-26(28(24)34)41-32-30(36)20(9-12-39-32)17-43-14-11-22(44)18-43/h2-5,7,9-10,12-13,21-22,37,44H,6,8,11,14-18H2,1H3,(H,39,41)(H,40,45)/t21?,22-/m0/s1. The monoisotopic (exact) mass is 665 g/mol. The Hall–Kier alpha value is -3.87. The van der Waals surface area contributed by atoms with E-state index in [4.69, 9.17) is 32.9 Å². The van der Waals surface area contributed by atoms with Crippen LogP contribution in [0, 0.1) is 5.82 Å². The van der Waals surface area contributed by atoms with Crippen molar-refractivity contribution in [1.29, 1.82) is 0 Å². The van der Waals surface area contributed by atoms with Gasteiger partial charge in [-0.3, -0.25) is 14.7 Å². The third-order valence-corrected chi connectivity index (χ3v) is 9.00.